The lowest BCUT2D eigenvalue weighted by Crippen LogP contribution is -2.44. The Labute approximate surface area is 157 Å². The van der Waals surface area contributed by atoms with Crippen LogP contribution in [-0.4, -0.2) is 32.9 Å². The zero-order valence-electron chi connectivity index (χ0n) is 15.4. The standard InChI is InChI=1S/C19H23N5O3/c1-19(18-20-21-22-24(18)13-5-3-2-4-6-13)10-9-17(25)23(19)14-7-8-15-16(11-14)27-12-26-15/h7-8,11,13H,2-6,9-10,12H2,1H3. The number of anilines is 1. The summed E-state index contributed by atoms with van der Waals surface area (Å²) < 4.78 is 12.9. The van der Waals surface area contributed by atoms with Gasteiger partial charge in [-0.3, -0.25) is 9.69 Å². The van der Waals surface area contributed by atoms with Gasteiger partial charge in [-0.05, 0) is 48.7 Å². The van der Waals surface area contributed by atoms with Gasteiger partial charge in [-0.1, -0.05) is 19.3 Å². The Morgan fingerprint density at radius 1 is 1.15 bits per heavy atom. The van der Waals surface area contributed by atoms with Crippen molar-refractivity contribution in [1.82, 2.24) is 20.2 Å². The number of carbonyl (C=O) groups excluding carboxylic acids is 1. The molecule has 3 heterocycles. The number of hydrogen-bond donors (Lipinski definition) is 0. The van der Waals surface area contributed by atoms with E-state index >= 15 is 0 Å². The fraction of sp³-hybridized carbons (Fsp3) is 0.579. The van der Waals surface area contributed by atoms with E-state index in [0.717, 1.165) is 24.4 Å². The molecule has 27 heavy (non-hydrogen) atoms. The van der Waals surface area contributed by atoms with E-state index in [1.54, 1.807) is 0 Å². The number of benzene rings is 1. The summed E-state index contributed by atoms with van der Waals surface area (Å²) in [6, 6.07) is 5.95. The monoisotopic (exact) mass is 369 g/mol. The fourth-order valence-electron chi connectivity index (χ4n) is 4.63. The van der Waals surface area contributed by atoms with E-state index in [-0.39, 0.29) is 12.7 Å². The van der Waals surface area contributed by atoms with Crippen molar-refractivity contribution in [2.24, 2.45) is 0 Å². The van der Waals surface area contributed by atoms with Crippen LogP contribution in [0, 0.1) is 0 Å². The van der Waals surface area contributed by atoms with Crippen LogP contribution in [0.3, 0.4) is 0 Å². The average molecular weight is 369 g/mol. The van der Waals surface area contributed by atoms with Crippen molar-refractivity contribution in [2.45, 2.75) is 63.5 Å². The number of aromatic nitrogens is 4. The first-order valence-electron chi connectivity index (χ1n) is 9.68. The summed E-state index contributed by atoms with van der Waals surface area (Å²) in [6.45, 7) is 2.28. The molecule has 5 rings (SSSR count). The second kappa shape index (κ2) is 6.21. The van der Waals surface area contributed by atoms with Gasteiger partial charge in [-0.2, -0.15) is 0 Å². The van der Waals surface area contributed by atoms with E-state index in [0.29, 0.717) is 30.4 Å². The van der Waals surface area contributed by atoms with Crippen molar-refractivity contribution < 1.29 is 14.3 Å². The molecular weight excluding hydrogens is 346 g/mol. The van der Waals surface area contributed by atoms with Gasteiger partial charge in [0.1, 0.15) is 5.54 Å². The van der Waals surface area contributed by atoms with Crippen LogP contribution in [0.4, 0.5) is 5.69 Å². The molecule has 0 spiro atoms. The first-order chi connectivity index (χ1) is 13.2. The molecule has 1 atom stereocenters. The van der Waals surface area contributed by atoms with E-state index in [2.05, 4.69) is 22.4 Å². The van der Waals surface area contributed by atoms with Gasteiger partial charge >= 0.3 is 0 Å². The average Bonchev–Trinajstić information content (AvgIpc) is 3.41. The summed E-state index contributed by atoms with van der Waals surface area (Å²) in [5.41, 5.74) is 0.216. The van der Waals surface area contributed by atoms with Crippen LogP contribution in [0.1, 0.15) is 63.7 Å². The van der Waals surface area contributed by atoms with Crippen LogP contribution in [0.15, 0.2) is 18.2 Å². The summed E-state index contributed by atoms with van der Waals surface area (Å²) in [5, 5.41) is 12.7. The summed E-state index contributed by atoms with van der Waals surface area (Å²) in [6.07, 6.45) is 7.01. The van der Waals surface area contributed by atoms with Crippen molar-refractivity contribution in [3.05, 3.63) is 24.0 Å². The largest absolute Gasteiger partial charge is 0.454 e. The fourth-order valence-corrected chi connectivity index (χ4v) is 4.63. The molecule has 1 amide bonds. The highest BCUT2D eigenvalue weighted by Gasteiger charge is 2.48. The molecule has 3 aliphatic rings. The molecule has 1 unspecified atom stereocenters. The number of tetrazole rings is 1. The SMILES string of the molecule is CC1(c2nnnn2C2CCCCC2)CCC(=O)N1c1ccc2c(c1)OCO2. The van der Waals surface area contributed by atoms with E-state index in [1.165, 1.54) is 19.3 Å². The maximum atomic E-state index is 12.8. The van der Waals surface area contributed by atoms with Gasteiger partial charge in [0.25, 0.3) is 0 Å². The lowest BCUT2D eigenvalue weighted by atomic mass is 9.93. The zero-order chi connectivity index (χ0) is 18.4. The minimum absolute atomic E-state index is 0.0783. The van der Waals surface area contributed by atoms with Crippen LogP contribution in [0.2, 0.25) is 0 Å². The number of hydrogen-bond acceptors (Lipinski definition) is 6. The van der Waals surface area contributed by atoms with E-state index in [1.807, 2.05) is 27.8 Å². The van der Waals surface area contributed by atoms with Gasteiger partial charge in [0.15, 0.2) is 17.3 Å². The van der Waals surface area contributed by atoms with Crippen LogP contribution in [-0.2, 0) is 10.3 Å². The third-order valence-electron chi connectivity index (χ3n) is 6.08. The summed E-state index contributed by atoms with van der Waals surface area (Å²) in [4.78, 5) is 14.7. The summed E-state index contributed by atoms with van der Waals surface area (Å²) in [5.74, 6) is 2.23. The van der Waals surface area contributed by atoms with Gasteiger partial charge < -0.3 is 9.47 Å². The molecular formula is C19H23N5O3. The Balaban J connectivity index is 1.55. The maximum Gasteiger partial charge on any atom is 0.231 e. The van der Waals surface area contributed by atoms with Crippen molar-refractivity contribution in [2.75, 3.05) is 11.7 Å². The zero-order valence-corrected chi connectivity index (χ0v) is 15.4. The molecule has 0 bridgehead atoms. The number of fused-ring (bicyclic) bond motifs is 1. The quantitative estimate of drug-likeness (QED) is 0.827. The summed E-state index contributed by atoms with van der Waals surface area (Å²) >= 11 is 0. The molecule has 2 aromatic rings. The normalized spacial score (nSPS) is 25.4. The smallest absolute Gasteiger partial charge is 0.231 e. The van der Waals surface area contributed by atoms with E-state index < -0.39 is 5.54 Å². The second-order valence-corrected chi connectivity index (χ2v) is 7.78. The Kier molecular flexibility index (Phi) is 3.80. The molecule has 1 aromatic heterocycles. The number of amides is 1. The van der Waals surface area contributed by atoms with Crippen LogP contribution in [0.25, 0.3) is 0 Å². The molecule has 8 heteroatoms. The molecule has 1 aromatic carbocycles. The minimum Gasteiger partial charge on any atom is -0.454 e. The van der Waals surface area contributed by atoms with Crippen molar-refractivity contribution in [1.29, 1.82) is 0 Å². The van der Waals surface area contributed by atoms with Crippen molar-refractivity contribution in [3.63, 3.8) is 0 Å². The van der Waals surface area contributed by atoms with Crippen LogP contribution < -0.4 is 14.4 Å². The number of carbonyl (C=O) groups is 1. The van der Waals surface area contributed by atoms with Gasteiger partial charge in [-0.15, -0.1) is 5.10 Å². The molecule has 1 saturated carbocycles. The molecule has 1 saturated heterocycles. The van der Waals surface area contributed by atoms with Gasteiger partial charge in [0.05, 0.1) is 6.04 Å². The number of nitrogens with zero attached hydrogens (tertiary/aromatic N) is 5. The highest BCUT2D eigenvalue weighted by Crippen LogP contribution is 2.45. The Morgan fingerprint density at radius 2 is 1.96 bits per heavy atom. The van der Waals surface area contributed by atoms with E-state index in [9.17, 15) is 4.79 Å². The Bertz CT molecular complexity index is 876. The highest BCUT2D eigenvalue weighted by molar-refractivity contribution is 5.97. The number of ether oxygens (including phenoxy) is 2. The lowest BCUT2D eigenvalue weighted by molar-refractivity contribution is -0.117. The van der Waals surface area contributed by atoms with Crippen LogP contribution >= 0.6 is 0 Å². The third kappa shape index (κ3) is 2.57. The molecule has 8 nitrogen and oxygen atoms in total. The Morgan fingerprint density at radius 3 is 2.81 bits per heavy atom. The summed E-state index contributed by atoms with van der Waals surface area (Å²) in [7, 11) is 0. The molecule has 2 aliphatic heterocycles. The van der Waals surface area contributed by atoms with Gasteiger partial charge in [0.2, 0.25) is 12.7 Å². The predicted molar refractivity (Wildman–Crippen MR) is 96.6 cm³/mol. The second-order valence-electron chi connectivity index (χ2n) is 7.78. The maximum absolute atomic E-state index is 12.8. The molecule has 2 fully saturated rings. The third-order valence-corrected chi connectivity index (χ3v) is 6.08. The first-order valence-corrected chi connectivity index (χ1v) is 9.68. The van der Waals surface area contributed by atoms with E-state index in [4.69, 9.17) is 9.47 Å². The van der Waals surface area contributed by atoms with Crippen molar-refractivity contribution >= 4 is 11.6 Å². The molecule has 1 aliphatic carbocycles. The topological polar surface area (TPSA) is 82.4 Å². The number of rotatable bonds is 3. The lowest BCUT2D eigenvalue weighted by Gasteiger charge is -2.35. The minimum atomic E-state index is -0.578. The van der Waals surface area contributed by atoms with Gasteiger partial charge in [0, 0.05) is 18.2 Å². The predicted octanol–water partition coefficient (Wildman–Crippen LogP) is 2.95. The Hall–Kier alpha value is -2.64. The van der Waals surface area contributed by atoms with Gasteiger partial charge in [-0.25, -0.2) is 4.68 Å². The first kappa shape index (κ1) is 16.5. The van der Waals surface area contributed by atoms with Crippen molar-refractivity contribution in [3.8, 4) is 11.5 Å². The molecule has 0 N–H and O–H groups in total. The molecule has 142 valence electrons. The van der Waals surface area contributed by atoms with Crippen LogP contribution in [0.5, 0.6) is 11.5 Å². The molecule has 0 radical (unpaired) electrons. The highest BCUT2D eigenvalue weighted by atomic mass is 16.7.